The molecule has 4 rings (SSSR count). The van der Waals surface area contributed by atoms with Crippen molar-refractivity contribution in [3.8, 4) is 17.0 Å². The fraction of sp³-hybridized carbons (Fsp3) is 0.571. The van der Waals surface area contributed by atoms with E-state index in [1.54, 1.807) is 18.2 Å². The molecule has 2 aliphatic rings. The molecule has 214 valence electrons. The first-order valence-corrected chi connectivity index (χ1v) is 15.0. The predicted molar refractivity (Wildman–Crippen MR) is 150 cm³/mol. The third kappa shape index (κ3) is 6.88. The van der Waals surface area contributed by atoms with Gasteiger partial charge in [0.2, 0.25) is 0 Å². The van der Waals surface area contributed by atoms with Crippen LogP contribution < -0.4 is 20.1 Å². The fourth-order valence-corrected chi connectivity index (χ4v) is 6.67. The molecule has 1 aromatic carbocycles. The van der Waals surface area contributed by atoms with Gasteiger partial charge in [0.05, 0.1) is 17.9 Å². The lowest BCUT2D eigenvalue weighted by molar-refractivity contribution is 0.0978. The molecule has 2 aliphatic heterocycles. The summed E-state index contributed by atoms with van der Waals surface area (Å²) in [5.74, 6) is 0.139. The second kappa shape index (κ2) is 11.4. The summed E-state index contributed by atoms with van der Waals surface area (Å²) in [5.41, 5.74) is 6.74. The molecule has 0 bridgehead atoms. The first-order valence-electron chi connectivity index (χ1n) is 13.6. The minimum absolute atomic E-state index is 0.137. The Hall–Kier alpha value is -2.76. The Kier molecular flexibility index (Phi) is 8.53. The van der Waals surface area contributed by atoms with Crippen molar-refractivity contribution in [1.29, 1.82) is 0 Å². The summed E-state index contributed by atoms with van der Waals surface area (Å²) in [6, 6.07) is 7.32. The molecule has 9 nitrogen and oxygen atoms in total. The number of carbonyl (C=O) groups is 1. The SMILES string of the molecule is CC(C)COc1cc(F)cc(-c2ccc(C(=O)NS(=O)(=O)N3CCCC(N)C3)c(N3CC(C)CC3(C)C)n2)c1. The molecule has 2 atom stereocenters. The number of pyridine rings is 1. The van der Waals surface area contributed by atoms with Crippen molar-refractivity contribution in [3.63, 3.8) is 0 Å². The number of aromatic nitrogens is 1. The molecule has 1 aromatic heterocycles. The Morgan fingerprint density at radius 3 is 2.64 bits per heavy atom. The van der Waals surface area contributed by atoms with Crippen molar-refractivity contribution in [2.24, 2.45) is 17.6 Å². The molecular formula is C28H40FN5O4S. The van der Waals surface area contributed by atoms with Crippen molar-refractivity contribution < 1.29 is 22.3 Å². The molecule has 0 radical (unpaired) electrons. The normalized spacial score (nSPS) is 21.8. The second-order valence-electron chi connectivity index (χ2n) is 11.9. The molecular weight excluding hydrogens is 521 g/mol. The molecule has 2 saturated heterocycles. The smallest absolute Gasteiger partial charge is 0.304 e. The van der Waals surface area contributed by atoms with Crippen LogP contribution in [0.3, 0.4) is 0 Å². The van der Waals surface area contributed by atoms with Crippen molar-refractivity contribution in [3.05, 3.63) is 41.7 Å². The number of hydrogen-bond acceptors (Lipinski definition) is 7. The van der Waals surface area contributed by atoms with Crippen LogP contribution in [0.5, 0.6) is 5.75 Å². The van der Waals surface area contributed by atoms with Crippen LogP contribution in [0.25, 0.3) is 11.3 Å². The summed E-state index contributed by atoms with van der Waals surface area (Å²) < 4.78 is 49.8. The Labute approximate surface area is 231 Å². The summed E-state index contributed by atoms with van der Waals surface area (Å²) in [6.07, 6.45) is 2.24. The number of hydrogen-bond donors (Lipinski definition) is 2. The van der Waals surface area contributed by atoms with Crippen LogP contribution in [0.15, 0.2) is 30.3 Å². The topological polar surface area (TPSA) is 118 Å². The van der Waals surface area contributed by atoms with Gasteiger partial charge in [-0.25, -0.2) is 14.1 Å². The standard InChI is InChI=1S/C28H40FN5O4S/c1-18(2)17-38-23-12-20(11-21(29)13-23)25-9-8-24(26(31-25)34-15-19(3)14-28(34,4)5)27(35)32-39(36,37)33-10-6-7-22(30)16-33/h8-9,11-13,18-19,22H,6-7,10,14-17,30H2,1-5H3,(H,32,35). The zero-order valence-corrected chi connectivity index (χ0v) is 24.2. The Bertz CT molecular complexity index is 1320. The minimum Gasteiger partial charge on any atom is -0.493 e. The van der Waals surface area contributed by atoms with Gasteiger partial charge in [-0.2, -0.15) is 12.7 Å². The van der Waals surface area contributed by atoms with Crippen LogP contribution in [-0.4, -0.2) is 61.4 Å². The molecule has 3 N–H and O–H groups in total. The number of carbonyl (C=O) groups excluding carboxylic acids is 1. The van der Waals surface area contributed by atoms with E-state index in [2.05, 4.69) is 25.5 Å². The predicted octanol–water partition coefficient (Wildman–Crippen LogP) is 3.95. The Balaban J connectivity index is 1.72. The highest BCUT2D eigenvalue weighted by Crippen LogP contribution is 2.38. The first kappa shape index (κ1) is 29.2. The van der Waals surface area contributed by atoms with Gasteiger partial charge in [-0.05, 0) is 69.2 Å². The molecule has 2 aromatic rings. The maximum atomic E-state index is 14.5. The molecule has 39 heavy (non-hydrogen) atoms. The molecule has 1 amide bonds. The number of nitrogens with two attached hydrogens (primary N) is 1. The molecule has 3 heterocycles. The zero-order chi connectivity index (χ0) is 28.5. The van der Waals surface area contributed by atoms with E-state index in [4.69, 9.17) is 15.5 Å². The van der Waals surface area contributed by atoms with Crippen LogP contribution in [0, 0.1) is 17.7 Å². The first-order chi connectivity index (χ1) is 18.2. The molecule has 0 aliphatic carbocycles. The van der Waals surface area contributed by atoms with Crippen molar-refractivity contribution in [1.82, 2.24) is 14.0 Å². The number of piperidine rings is 1. The van der Waals surface area contributed by atoms with Crippen molar-refractivity contribution in [2.75, 3.05) is 31.1 Å². The van der Waals surface area contributed by atoms with E-state index in [9.17, 15) is 17.6 Å². The van der Waals surface area contributed by atoms with Crippen molar-refractivity contribution in [2.45, 2.75) is 65.5 Å². The van der Waals surface area contributed by atoms with Crippen LogP contribution >= 0.6 is 0 Å². The lowest BCUT2D eigenvalue weighted by Gasteiger charge is -2.34. The monoisotopic (exact) mass is 561 g/mol. The third-order valence-electron chi connectivity index (χ3n) is 7.18. The average molecular weight is 562 g/mol. The van der Waals surface area contributed by atoms with Gasteiger partial charge in [-0.15, -0.1) is 0 Å². The summed E-state index contributed by atoms with van der Waals surface area (Å²) >= 11 is 0. The van der Waals surface area contributed by atoms with E-state index in [0.717, 1.165) is 12.8 Å². The van der Waals surface area contributed by atoms with E-state index in [0.29, 0.717) is 54.9 Å². The van der Waals surface area contributed by atoms with Gasteiger partial charge in [0, 0.05) is 42.8 Å². The largest absolute Gasteiger partial charge is 0.493 e. The maximum absolute atomic E-state index is 14.5. The molecule has 2 fully saturated rings. The van der Waals surface area contributed by atoms with Gasteiger partial charge in [0.25, 0.3) is 5.91 Å². The van der Waals surface area contributed by atoms with Gasteiger partial charge >= 0.3 is 10.2 Å². The molecule has 11 heteroatoms. The number of rotatable bonds is 8. The molecule has 2 unspecified atom stereocenters. The number of amides is 1. The van der Waals surface area contributed by atoms with Crippen LogP contribution in [-0.2, 0) is 10.2 Å². The number of benzene rings is 1. The Morgan fingerprint density at radius 1 is 1.26 bits per heavy atom. The number of ether oxygens (including phenoxy) is 1. The highest BCUT2D eigenvalue weighted by molar-refractivity contribution is 7.87. The van der Waals surface area contributed by atoms with E-state index < -0.39 is 21.9 Å². The van der Waals surface area contributed by atoms with Gasteiger partial charge in [-0.1, -0.05) is 20.8 Å². The average Bonchev–Trinajstić information content (AvgIpc) is 3.13. The van der Waals surface area contributed by atoms with Gasteiger partial charge < -0.3 is 15.4 Å². The lowest BCUT2D eigenvalue weighted by Crippen LogP contribution is -2.51. The number of nitrogens with zero attached hydrogens (tertiary/aromatic N) is 3. The van der Waals surface area contributed by atoms with E-state index in [1.165, 1.54) is 16.4 Å². The van der Waals surface area contributed by atoms with Crippen LogP contribution in [0.4, 0.5) is 10.2 Å². The van der Waals surface area contributed by atoms with E-state index in [1.807, 2.05) is 18.7 Å². The molecule has 0 spiro atoms. The Morgan fingerprint density at radius 2 is 2.00 bits per heavy atom. The number of anilines is 1. The number of halogens is 1. The second-order valence-corrected chi connectivity index (χ2v) is 13.5. The minimum atomic E-state index is -4.09. The lowest BCUT2D eigenvalue weighted by atomic mass is 9.97. The summed E-state index contributed by atoms with van der Waals surface area (Å²) in [4.78, 5) is 20.3. The highest BCUT2D eigenvalue weighted by Gasteiger charge is 2.39. The maximum Gasteiger partial charge on any atom is 0.304 e. The molecule has 0 saturated carbocycles. The van der Waals surface area contributed by atoms with Crippen LogP contribution in [0.2, 0.25) is 0 Å². The summed E-state index contributed by atoms with van der Waals surface area (Å²) in [7, 11) is -4.09. The highest BCUT2D eigenvalue weighted by atomic mass is 32.2. The summed E-state index contributed by atoms with van der Waals surface area (Å²) in [5, 5.41) is 0. The van der Waals surface area contributed by atoms with Crippen LogP contribution in [0.1, 0.15) is 64.2 Å². The van der Waals surface area contributed by atoms with Gasteiger partial charge in [0.1, 0.15) is 17.4 Å². The van der Waals surface area contributed by atoms with Gasteiger partial charge in [-0.3, -0.25) is 4.79 Å². The third-order valence-corrected chi connectivity index (χ3v) is 8.64. The van der Waals surface area contributed by atoms with E-state index >= 15 is 0 Å². The van der Waals surface area contributed by atoms with Gasteiger partial charge in [0.15, 0.2) is 0 Å². The summed E-state index contributed by atoms with van der Waals surface area (Å²) in [6.45, 7) is 11.8. The quantitative estimate of drug-likeness (QED) is 0.501. The van der Waals surface area contributed by atoms with Crippen molar-refractivity contribution >= 4 is 21.9 Å². The zero-order valence-electron chi connectivity index (χ0n) is 23.4. The van der Waals surface area contributed by atoms with E-state index in [-0.39, 0.29) is 29.6 Å². The number of nitrogens with one attached hydrogen (secondary N) is 1. The fourth-order valence-electron chi connectivity index (χ4n) is 5.44.